The summed E-state index contributed by atoms with van der Waals surface area (Å²) in [5.41, 5.74) is 1.76. The Labute approximate surface area is 161 Å². The van der Waals surface area contributed by atoms with Gasteiger partial charge >= 0.3 is 6.03 Å². The molecule has 0 spiro atoms. The van der Waals surface area contributed by atoms with Crippen LogP contribution in [0.4, 0.5) is 9.18 Å². The van der Waals surface area contributed by atoms with Gasteiger partial charge in [0, 0.05) is 5.56 Å². The molecule has 0 unspecified atom stereocenters. The predicted molar refractivity (Wildman–Crippen MR) is 99.2 cm³/mol. The molecule has 0 saturated carbocycles. The highest BCUT2D eigenvalue weighted by Crippen LogP contribution is 2.22. The Bertz CT molecular complexity index is 898. The molecule has 1 atom stereocenters. The van der Waals surface area contributed by atoms with Crippen LogP contribution < -0.4 is 15.4 Å². The fourth-order valence-corrected chi connectivity index (χ4v) is 2.87. The van der Waals surface area contributed by atoms with Crippen molar-refractivity contribution in [3.05, 3.63) is 65.0 Å². The number of carbonyl (C=O) groups is 3. The summed E-state index contributed by atoms with van der Waals surface area (Å²) < 4.78 is 18.7. The molecule has 0 radical (unpaired) electrons. The smallest absolute Gasteiger partial charge is 0.324 e. The summed E-state index contributed by atoms with van der Waals surface area (Å²) in [5.74, 6) is -0.952. The van der Waals surface area contributed by atoms with Gasteiger partial charge in [-0.2, -0.15) is 0 Å². The van der Waals surface area contributed by atoms with Gasteiger partial charge in [-0.25, -0.2) is 9.18 Å². The Hall–Kier alpha value is -3.42. The van der Waals surface area contributed by atoms with Crippen LogP contribution in [0.15, 0.2) is 42.5 Å². The van der Waals surface area contributed by atoms with Crippen molar-refractivity contribution in [1.82, 2.24) is 15.5 Å². The minimum Gasteiger partial charge on any atom is -0.494 e. The van der Waals surface area contributed by atoms with Crippen LogP contribution in [0, 0.1) is 5.82 Å². The highest BCUT2D eigenvalue weighted by molar-refractivity contribution is 6.01. The Morgan fingerprint density at radius 2 is 1.96 bits per heavy atom. The molecular weight excluding hydrogens is 365 g/mol. The second-order valence-corrected chi connectivity index (χ2v) is 6.42. The van der Waals surface area contributed by atoms with E-state index in [-0.39, 0.29) is 30.7 Å². The molecule has 1 heterocycles. The number of nitrogens with zero attached hydrogens (tertiary/aromatic N) is 1. The number of hydrogen-bond acceptors (Lipinski definition) is 4. The van der Waals surface area contributed by atoms with E-state index < -0.39 is 17.9 Å². The summed E-state index contributed by atoms with van der Waals surface area (Å²) in [4.78, 5) is 36.8. The zero-order valence-electron chi connectivity index (χ0n) is 15.5. The number of imide groups is 1. The average Bonchev–Trinajstić information content (AvgIpc) is 3.00. The fourth-order valence-electron chi connectivity index (χ4n) is 2.87. The maximum atomic E-state index is 13.8. The van der Waals surface area contributed by atoms with Gasteiger partial charge in [0.05, 0.1) is 26.2 Å². The first-order valence-electron chi connectivity index (χ1n) is 8.70. The van der Waals surface area contributed by atoms with Crippen LogP contribution in [0.3, 0.4) is 0 Å². The molecule has 2 aromatic rings. The average molecular weight is 385 g/mol. The van der Waals surface area contributed by atoms with Crippen molar-refractivity contribution in [2.24, 2.45) is 0 Å². The van der Waals surface area contributed by atoms with Gasteiger partial charge < -0.3 is 15.4 Å². The number of amides is 4. The third kappa shape index (κ3) is 4.11. The fraction of sp³-hybridized carbons (Fsp3) is 0.250. The van der Waals surface area contributed by atoms with Crippen molar-refractivity contribution in [2.75, 3.05) is 13.7 Å². The van der Waals surface area contributed by atoms with E-state index in [1.165, 1.54) is 19.2 Å². The van der Waals surface area contributed by atoms with Gasteiger partial charge in [0.25, 0.3) is 5.91 Å². The van der Waals surface area contributed by atoms with Crippen molar-refractivity contribution < 1.29 is 23.5 Å². The first kappa shape index (κ1) is 19.3. The normalized spacial score (nSPS) is 14.6. The molecule has 2 aromatic carbocycles. The molecule has 0 aromatic heterocycles. The molecule has 1 aliphatic rings. The lowest BCUT2D eigenvalue weighted by Crippen LogP contribution is -2.30. The highest BCUT2D eigenvalue weighted by atomic mass is 19.1. The zero-order chi connectivity index (χ0) is 20.3. The van der Waals surface area contributed by atoms with Gasteiger partial charge in [0.2, 0.25) is 5.91 Å². The Kier molecular flexibility index (Phi) is 5.58. The second kappa shape index (κ2) is 8.08. The van der Waals surface area contributed by atoms with E-state index in [1.807, 2.05) is 0 Å². The van der Waals surface area contributed by atoms with E-state index in [9.17, 15) is 18.8 Å². The molecule has 7 nitrogen and oxygen atoms in total. The monoisotopic (exact) mass is 385 g/mol. The van der Waals surface area contributed by atoms with Crippen molar-refractivity contribution in [3.8, 4) is 5.75 Å². The van der Waals surface area contributed by atoms with Crippen LogP contribution in [0.25, 0.3) is 0 Å². The maximum absolute atomic E-state index is 13.8. The van der Waals surface area contributed by atoms with Crippen LogP contribution in [0.1, 0.15) is 34.5 Å². The molecule has 28 heavy (non-hydrogen) atoms. The summed E-state index contributed by atoms with van der Waals surface area (Å²) in [5, 5.41) is 5.27. The summed E-state index contributed by atoms with van der Waals surface area (Å²) >= 11 is 0. The molecule has 8 heteroatoms. The van der Waals surface area contributed by atoms with E-state index >= 15 is 0 Å². The summed E-state index contributed by atoms with van der Waals surface area (Å²) in [6, 6.07) is 10.3. The van der Waals surface area contributed by atoms with E-state index in [1.54, 1.807) is 37.3 Å². The van der Waals surface area contributed by atoms with Gasteiger partial charge in [0.15, 0.2) is 11.6 Å². The second-order valence-electron chi connectivity index (χ2n) is 6.42. The van der Waals surface area contributed by atoms with Crippen molar-refractivity contribution in [3.63, 3.8) is 0 Å². The molecule has 2 N–H and O–H groups in total. The van der Waals surface area contributed by atoms with E-state index in [4.69, 9.17) is 4.74 Å². The number of rotatable bonds is 6. The van der Waals surface area contributed by atoms with Crippen molar-refractivity contribution >= 4 is 17.8 Å². The molecule has 146 valence electrons. The van der Waals surface area contributed by atoms with Crippen LogP contribution >= 0.6 is 0 Å². The summed E-state index contributed by atoms with van der Waals surface area (Å²) in [6.45, 7) is 1.91. The third-order valence-electron chi connectivity index (χ3n) is 4.52. The zero-order valence-corrected chi connectivity index (χ0v) is 15.5. The number of benzene rings is 2. The number of ether oxygens (including phenoxy) is 1. The SMILES string of the molecule is COc1ccc([C@H](C)NC(=O)c2ccc(CN3C(=O)CNC3=O)cc2)cc1F. The minimum atomic E-state index is -0.494. The molecule has 1 saturated heterocycles. The maximum Gasteiger partial charge on any atom is 0.324 e. The number of hydrogen-bond donors (Lipinski definition) is 2. The summed E-state index contributed by atoms with van der Waals surface area (Å²) in [7, 11) is 1.39. The molecular formula is C20H20FN3O4. The van der Waals surface area contributed by atoms with Gasteiger partial charge in [-0.05, 0) is 42.3 Å². The largest absolute Gasteiger partial charge is 0.494 e. The molecule has 3 rings (SSSR count). The van der Waals surface area contributed by atoms with Crippen LogP contribution in [0.5, 0.6) is 5.75 Å². The van der Waals surface area contributed by atoms with Gasteiger partial charge in [-0.1, -0.05) is 18.2 Å². The lowest BCUT2D eigenvalue weighted by atomic mass is 10.1. The number of nitrogens with one attached hydrogen (secondary N) is 2. The Balaban J connectivity index is 1.63. The first-order chi connectivity index (χ1) is 13.4. The molecule has 1 aliphatic heterocycles. The standard InChI is InChI=1S/C20H20FN3O4/c1-12(15-7-8-17(28-2)16(21)9-15)23-19(26)14-5-3-13(4-6-14)11-24-18(25)10-22-20(24)27/h3-9,12H,10-11H2,1-2H3,(H,22,27)(H,23,26)/t12-/m0/s1. The van der Waals surface area contributed by atoms with Crippen LogP contribution in [-0.4, -0.2) is 36.4 Å². The molecule has 1 fully saturated rings. The number of urea groups is 1. The van der Waals surface area contributed by atoms with Crippen molar-refractivity contribution in [2.45, 2.75) is 19.5 Å². The molecule has 4 amide bonds. The number of methoxy groups -OCH3 is 1. The van der Waals surface area contributed by atoms with Crippen LogP contribution in [-0.2, 0) is 11.3 Å². The van der Waals surface area contributed by atoms with Crippen molar-refractivity contribution in [1.29, 1.82) is 0 Å². The molecule has 0 aliphatic carbocycles. The number of carbonyl (C=O) groups excluding carboxylic acids is 3. The Morgan fingerprint density at radius 1 is 1.25 bits per heavy atom. The van der Waals surface area contributed by atoms with E-state index in [2.05, 4.69) is 10.6 Å². The lowest BCUT2D eigenvalue weighted by Gasteiger charge is -2.16. The summed E-state index contributed by atoms with van der Waals surface area (Å²) in [6.07, 6.45) is 0. The van der Waals surface area contributed by atoms with Gasteiger partial charge in [-0.3, -0.25) is 14.5 Å². The topological polar surface area (TPSA) is 87.7 Å². The highest BCUT2D eigenvalue weighted by Gasteiger charge is 2.28. The minimum absolute atomic E-state index is 0.00314. The van der Waals surface area contributed by atoms with E-state index in [0.717, 1.165) is 10.5 Å². The Morgan fingerprint density at radius 3 is 2.54 bits per heavy atom. The first-order valence-corrected chi connectivity index (χ1v) is 8.70. The van der Waals surface area contributed by atoms with Crippen LogP contribution in [0.2, 0.25) is 0 Å². The van der Waals surface area contributed by atoms with E-state index in [0.29, 0.717) is 11.1 Å². The predicted octanol–water partition coefficient (Wildman–Crippen LogP) is 2.38. The quantitative estimate of drug-likeness (QED) is 0.748. The number of halogens is 1. The third-order valence-corrected chi connectivity index (χ3v) is 4.52. The lowest BCUT2D eigenvalue weighted by molar-refractivity contribution is -0.125. The molecule has 0 bridgehead atoms. The van der Waals surface area contributed by atoms with Gasteiger partial charge in [-0.15, -0.1) is 0 Å². The van der Waals surface area contributed by atoms with Gasteiger partial charge in [0.1, 0.15) is 0 Å².